The molecule has 2 aromatic rings. The van der Waals surface area contributed by atoms with Gasteiger partial charge in [-0.05, 0) is 30.7 Å². The molecule has 0 aromatic heterocycles. The van der Waals surface area contributed by atoms with Crippen molar-refractivity contribution in [2.75, 3.05) is 13.7 Å². The highest BCUT2D eigenvalue weighted by atomic mass is 35.5. The van der Waals surface area contributed by atoms with Crippen LogP contribution < -0.4 is 15.4 Å². The number of nitrogens with zero attached hydrogens (tertiary/aromatic N) is 1. The molecule has 0 aliphatic carbocycles. The van der Waals surface area contributed by atoms with Gasteiger partial charge in [-0.3, -0.25) is 19.7 Å². The van der Waals surface area contributed by atoms with Crippen LogP contribution >= 0.6 is 11.6 Å². The van der Waals surface area contributed by atoms with Crippen molar-refractivity contribution in [2.45, 2.75) is 13.0 Å². The van der Waals surface area contributed by atoms with Gasteiger partial charge >= 0.3 is 5.69 Å². The molecule has 0 saturated carbocycles. The van der Waals surface area contributed by atoms with Crippen LogP contribution in [0.1, 0.15) is 28.9 Å². The van der Waals surface area contributed by atoms with E-state index in [1.807, 2.05) is 6.07 Å². The number of benzene rings is 2. The average Bonchev–Trinajstić information content (AvgIpc) is 2.65. The van der Waals surface area contributed by atoms with Gasteiger partial charge in [-0.2, -0.15) is 0 Å². The van der Waals surface area contributed by atoms with Crippen LogP contribution in [0.5, 0.6) is 5.75 Å². The Labute approximate surface area is 160 Å². The molecule has 0 aliphatic rings. The van der Waals surface area contributed by atoms with E-state index in [2.05, 4.69) is 10.6 Å². The Kier molecular flexibility index (Phi) is 6.73. The van der Waals surface area contributed by atoms with Gasteiger partial charge in [0.2, 0.25) is 5.91 Å². The Bertz CT molecular complexity index is 872. The van der Waals surface area contributed by atoms with Crippen molar-refractivity contribution in [3.8, 4) is 5.75 Å². The first-order valence-electron chi connectivity index (χ1n) is 7.98. The van der Waals surface area contributed by atoms with Crippen LogP contribution in [-0.4, -0.2) is 30.4 Å². The Morgan fingerprint density at radius 2 is 1.96 bits per heavy atom. The Balaban J connectivity index is 1.97. The van der Waals surface area contributed by atoms with Crippen LogP contribution in [0.25, 0.3) is 0 Å². The van der Waals surface area contributed by atoms with Gasteiger partial charge in [0.05, 0.1) is 24.6 Å². The normalized spacial score (nSPS) is 11.4. The molecule has 1 atom stereocenters. The van der Waals surface area contributed by atoms with E-state index in [4.69, 9.17) is 16.3 Å². The van der Waals surface area contributed by atoms with Gasteiger partial charge in [-0.15, -0.1) is 0 Å². The number of hydrogen-bond donors (Lipinski definition) is 2. The Morgan fingerprint density at radius 3 is 2.59 bits per heavy atom. The summed E-state index contributed by atoms with van der Waals surface area (Å²) in [6.07, 6.45) is 0. The average molecular weight is 392 g/mol. The second-order valence-electron chi connectivity index (χ2n) is 5.64. The van der Waals surface area contributed by atoms with Crippen molar-refractivity contribution in [3.63, 3.8) is 0 Å². The molecule has 2 rings (SSSR count). The van der Waals surface area contributed by atoms with E-state index < -0.39 is 16.7 Å². The third-order valence-electron chi connectivity index (χ3n) is 3.80. The lowest BCUT2D eigenvalue weighted by Crippen LogP contribution is -2.38. The summed E-state index contributed by atoms with van der Waals surface area (Å²) in [4.78, 5) is 34.6. The van der Waals surface area contributed by atoms with E-state index in [1.54, 1.807) is 25.1 Å². The maximum atomic E-state index is 12.2. The quantitative estimate of drug-likeness (QED) is 0.557. The third-order valence-corrected chi connectivity index (χ3v) is 4.14. The number of nitrogens with one attached hydrogen (secondary N) is 2. The van der Waals surface area contributed by atoms with E-state index >= 15 is 0 Å². The molecule has 0 spiro atoms. The van der Waals surface area contributed by atoms with Crippen LogP contribution in [0.2, 0.25) is 5.02 Å². The zero-order chi connectivity index (χ0) is 20.0. The Morgan fingerprint density at radius 1 is 1.26 bits per heavy atom. The second-order valence-corrected chi connectivity index (χ2v) is 6.04. The summed E-state index contributed by atoms with van der Waals surface area (Å²) in [6, 6.07) is 10.6. The molecule has 2 N–H and O–H groups in total. The van der Waals surface area contributed by atoms with Gasteiger partial charge in [-0.1, -0.05) is 29.8 Å². The highest BCUT2D eigenvalue weighted by molar-refractivity contribution is 6.31. The molecule has 0 heterocycles. The number of amides is 2. The topological polar surface area (TPSA) is 111 Å². The van der Waals surface area contributed by atoms with Gasteiger partial charge in [0.25, 0.3) is 5.91 Å². The summed E-state index contributed by atoms with van der Waals surface area (Å²) in [7, 11) is 1.30. The lowest BCUT2D eigenvalue weighted by atomic mass is 10.1. The summed E-state index contributed by atoms with van der Waals surface area (Å²) >= 11 is 6.09. The summed E-state index contributed by atoms with van der Waals surface area (Å²) in [5, 5.41) is 16.7. The summed E-state index contributed by atoms with van der Waals surface area (Å²) < 4.78 is 4.89. The lowest BCUT2D eigenvalue weighted by Gasteiger charge is -2.16. The van der Waals surface area contributed by atoms with E-state index in [0.29, 0.717) is 5.02 Å². The van der Waals surface area contributed by atoms with E-state index in [0.717, 1.165) is 11.6 Å². The zero-order valence-corrected chi connectivity index (χ0v) is 15.4. The van der Waals surface area contributed by atoms with E-state index in [9.17, 15) is 19.7 Å². The van der Waals surface area contributed by atoms with E-state index in [1.165, 1.54) is 19.2 Å². The first kappa shape index (κ1) is 20.2. The fourth-order valence-corrected chi connectivity index (χ4v) is 2.73. The van der Waals surface area contributed by atoms with Crippen molar-refractivity contribution in [3.05, 3.63) is 68.7 Å². The van der Waals surface area contributed by atoms with Gasteiger partial charge in [0, 0.05) is 16.7 Å². The number of rotatable bonds is 7. The molecule has 0 aliphatic heterocycles. The minimum atomic E-state index is -0.645. The SMILES string of the molecule is COc1ccc(C(=O)NCC(=O)NC(C)c2ccccc2Cl)cc1[N+](=O)[O-]. The molecule has 142 valence electrons. The molecular weight excluding hydrogens is 374 g/mol. The molecule has 27 heavy (non-hydrogen) atoms. The molecular formula is C18H18ClN3O5. The predicted molar refractivity (Wildman–Crippen MR) is 100.0 cm³/mol. The van der Waals surface area contributed by atoms with E-state index in [-0.39, 0.29) is 29.6 Å². The first-order chi connectivity index (χ1) is 12.8. The van der Waals surface area contributed by atoms with Crippen molar-refractivity contribution in [1.29, 1.82) is 0 Å². The highest BCUT2D eigenvalue weighted by Gasteiger charge is 2.19. The molecule has 2 aromatic carbocycles. The second kappa shape index (κ2) is 9.00. The van der Waals surface area contributed by atoms with Gasteiger partial charge < -0.3 is 15.4 Å². The Hall–Kier alpha value is -3.13. The first-order valence-corrected chi connectivity index (χ1v) is 8.35. The van der Waals surface area contributed by atoms with Crippen molar-refractivity contribution in [2.24, 2.45) is 0 Å². The van der Waals surface area contributed by atoms with Crippen LogP contribution in [0.15, 0.2) is 42.5 Å². The fourth-order valence-electron chi connectivity index (χ4n) is 2.43. The van der Waals surface area contributed by atoms with Gasteiger partial charge in [-0.25, -0.2) is 0 Å². The number of ether oxygens (including phenoxy) is 1. The number of carbonyl (C=O) groups is 2. The molecule has 0 fully saturated rings. The van der Waals surface area contributed by atoms with Crippen LogP contribution in [0.3, 0.4) is 0 Å². The van der Waals surface area contributed by atoms with Gasteiger partial charge in [0.1, 0.15) is 0 Å². The highest BCUT2D eigenvalue weighted by Crippen LogP contribution is 2.27. The number of halogens is 1. The van der Waals surface area contributed by atoms with Crippen LogP contribution in [0, 0.1) is 10.1 Å². The van der Waals surface area contributed by atoms with Crippen LogP contribution in [0.4, 0.5) is 5.69 Å². The maximum absolute atomic E-state index is 12.2. The molecule has 0 saturated heterocycles. The smallest absolute Gasteiger partial charge is 0.311 e. The zero-order valence-electron chi connectivity index (χ0n) is 14.7. The van der Waals surface area contributed by atoms with Gasteiger partial charge in [0.15, 0.2) is 5.75 Å². The predicted octanol–water partition coefficient (Wildman–Crippen LogP) is 2.86. The molecule has 0 radical (unpaired) electrons. The van der Waals surface area contributed by atoms with Crippen molar-refractivity contribution in [1.82, 2.24) is 10.6 Å². The number of nitro benzene ring substituents is 1. The lowest BCUT2D eigenvalue weighted by molar-refractivity contribution is -0.385. The molecule has 9 heteroatoms. The van der Waals surface area contributed by atoms with Crippen molar-refractivity contribution < 1.29 is 19.2 Å². The van der Waals surface area contributed by atoms with Crippen LogP contribution in [-0.2, 0) is 4.79 Å². The largest absolute Gasteiger partial charge is 0.490 e. The fraction of sp³-hybridized carbons (Fsp3) is 0.222. The summed E-state index contributed by atoms with van der Waals surface area (Å²) in [5.74, 6) is -0.983. The number of hydrogen-bond acceptors (Lipinski definition) is 5. The minimum Gasteiger partial charge on any atom is -0.490 e. The summed E-state index contributed by atoms with van der Waals surface area (Å²) in [5.41, 5.74) is 0.473. The summed E-state index contributed by atoms with van der Waals surface area (Å²) in [6.45, 7) is 1.49. The molecule has 1 unspecified atom stereocenters. The minimum absolute atomic E-state index is 0.0443. The number of carbonyl (C=O) groups excluding carboxylic acids is 2. The number of nitro groups is 1. The maximum Gasteiger partial charge on any atom is 0.311 e. The molecule has 2 amide bonds. The standard InChI is InChI=1S/C18H18ClN3O5/c1-11(13-5-3-4-6-14(13)19)21-17(23)10-20-18(24)12-7-8-16(27-2)15(9-12)22(25)26/h3-9,11H,10H2,1-2H3,(H,20,24)(H,21,23). The molecule has 8 nitrogen and oxygen atoms in total. The van der Waals surface area contributed by atoms with Crippen molar-refractivity contribution >= 4 is 29.1 Å². The molecule has 0 bridgehead atoms. The third kappa shape index (κ3) is 5.18. The monoisotopic (exact) mass is 391 g/mol. The number of methoxy groups -OCH3 is 1.